The summed E-state index contributed by atoms with van der Waals surface area (Å²) in [5.41, 5.74) is -0.502. The van der Waals surface area contributed by atoms with Crippen LogP contribution in [0.25, 0.3) is 0 Å². The number of carbonyl (C=O) groups excluding carboxylic acids is 2. The van der Waals surface area contributed by atoms with Crippen LogP contribution in [0.2, 0.25) is 0 Å². The number of nitrogens with one attached hydrogen (secondary N) is 3. The molecule has 3 amide bonds. The third kappa shape index (κ3) is 5.37. The molecule has 1 fully saturated rings. The van der Waals surface area contributed by atoms with Gasteiger partial charge < -0.3 is 20.9 Å². The highest BCUT2D eigenvalue weighted by Gasteiger charge is 2.22. The van der Waals surface area contributed by atoms with Crippen LogP contribution >= 0.6 is 0 Å². The molecule has 154 valence electrons. The molecule has 1 aliphatic rings. The maximum atomic E-state index is 13.5. The fourth-order valence-corrected chi connectivity index (χ4v) is 3.01. The topological polar surface area (TPSA) is 86.4 Å². The molecule has 3 N–H and O–H groups in total. The van der Waals surface area contributed by atoms with Crippen LogP contribution in [-0.4, -0.2) is 42.6 Å². The minimum Gasteiger partial charge on any atom is -0.356 e. The molecule has 1 aliphatic heterocycles. The van der Waals surface area contributed by atoms with Gasteiger partial charge in [0.05, 0.1) is 12.2 Å². The second kappa shape index (κ2) is 9.26. The van der Waals surface area contributed by atoms with Crippen LogP contribution in [0.15, 0.2) is 36.5 Å². The van der Waals surface area contributed by atoms with E-state index in [1.807, 2.05) is 18.2 Å². The highest BCUT2D eigenvalue weighted by Crippen LogP contribution is 2.19. The molecule has 1 saturated heterocycles. The van der Waals surface area contributed by atoms with E-state index < -0.39 is 41.6 Å². The van der Waals surface area contributed by atoms with Crippen molar-refractivity contribution in [1.29, 1.82) is 0 Å². The highest BCUT2D eigenvalue weighted by atomic mass is 19.2. The van der Waals surface area contributed by atoms with E-state index in [0.29, 0.717) is 6.07 Å². The largest absolute Gasteiger partial charge is 0.356 e. The number of piperidine rings is 1. The van der Waals surface area contributed by atoms with Gasteiger partial charge in [-0.05, 0) is 37.1 Å². The second-order valence-electron chi connectivity index (χ2n) is 6.55. The van der Waals surface area contributed by atoms with Crippen molar-refractivity contribution in [3.8, 4) is 0 Å². The van der Waals surface area contributed by atoms with E-state index in [9.17, 15) is 22.8 Å². The third-order valence-electron chi connectivity index (χ3n) is 4.52. The number of halogens is 3. The molecule has 0 atom stereocenters. The first-order valence-corrected chi connectivity index (χ1v) is 9.07. The molecule has 1 aromatic carbocycles. The standard InChI is InChI=1S/C19H20F3N5O2/c20-13-4-5-14(18(22)17(13)21)26-16(28)11-24-19(29)25-12-6-9-27(10-7-12)15-3-1-2-8-23-15/h1-5,8,12H,6-7,9-11H2,(H,26,28)(H2,24,25,29). The SMILES string of the molecule is O=C(CNC(=O)NC1CCN(c2ccccn2)CC1)Nc1ccc(F)c(F)c1F. The minimum atomic E-state index is -1.68. The zero-order valence-electron chi connectivity index (χ0n) is 15.4. The number of amides is 3. The summed E-state index contributed by atoms with van der Waals surface area (Å²) in [4.78, 5) is 30.2. The van der Waals surface area contributed by atoms with Crippen molar-refractivity contribution < 1.29 is 22.8 Å². The average molecular weight is 407 g/mol. The number of benzene rings is 1. The number of anilines is 2. The van der Waals surface area contributed by atoms with Crippen molar-refractivity contribution in [1.82, 2.24) is 15.6 Å². The molecule has 2 aromatic rings. The fourth-order valence-electron chi connectivity index (χ4n) is 3.01. The van der Waals surface area contributed by atoms with Crippen LogP contribution in [0.4, 0.5) is 29.5 Å². The van der Waals surface area contributed by atoms with Crippen LogP contribution in [0.3, 0.4) is 0 Å². The van der Waals surface area contributed by atoms with Crippen LogP contribution < -0.4 is 20.9 Å². The maximum absolute atomic E-state index is 13.5. The van der Waals surface area contributed by atoms with E-state index >= 15 is 0 Å². The second-order valence-corrected chi connectivity index (χ2v) is 6.55. The van der Waals surface area contributed by atoms with E-state index in [1.54, 1.807) is 6.20 Å². The monoisotopic (exact) mass is 407 g/mol. The molecule has 2 heterocycles. The van der Waals surface area contributed by atoms with Gasteiger partial charge in [0, 0.05) is 25.3 Å². The first-order chi connectivity index (χ1) is 13.9. The predicted molar refractivity (Wildman–Crippen MR) is 101 cm³/mol. The molecule has 0 spiro atoms. The van der Waals surface area contributed by atoms with Gasteiger partial charge in [0.2, 0.25) is 5.91 Å². The Bertz CT molecular complexity index is 874. The Morgan fingerprint density at radius 3 is 2.52 bits per heavy atom. The Morgan fingerprint density at radius 2 is 1.83 bits per heavy atom. The molecule has 0 unspecified atom stereocenters. The maximum Gasteiger partial charge on any atom is 0.315 e. The lowest BCUT2D eigenvalue weighted by atomic mass is 10.1. The molecule has 0 bridgehead atoms. The number of pyridine rings is 1. The summed E-state index contributed by atoms with van der Waals surface area (Å²) >= 11 is 0. The van der Waals surface area contributed by atoms with Gasteiger partial charge in [-0.15, -0.1) is 0 Å². The lowest BCUT2D eigenvalue weighted by Gasteiger charge is -2.33. The molecular formula is C19H20F3N5O2. The summed E-state index contributed by atoms with van der Waals surface area (Å²) in [6.45, 7) is 1.02. The minimum absolute atomic E-state index is 0.0540. The zero-order chi connectivity index (χ0) is 20.8. The number of hydrogen-bond donors (Lipinski definition) is 3. The molecule has 7 nitrogen and oxygen atoms in total. The first-order valence-electron chi connectivity index (χ1n) is 9.07. The van der Waals surface area contributed by atoms with Crippen molar-refractivity contribution in [2.45, 2.75) is 18.9 Å². The van der Waals surface area contributed by atoms with Gasteiger partial charge in [0.1, 0.15) is 5.82 Å². The molecule has 29 heavy (non-hydrogen) atoms. The Hall–Kier alpha value is -3.30. The summed E-state index contributed by atoms with van der Waals surface area (Å²) in [5.74, 6) is -4.41. The fraction of sp³-hybridized carbons (Fsp3) is 0.316. The lowest BCUT2D eigenvalue weighted by molar-refractivity contribution is -0.115. The molecule has 1 aromatic heterocycles. The van der Waals surface area contributed by atoms with Crippen LogP contribution in [-0.2, 0) is 4.79 Å². The zero-order valence-corrected chi connectivity index (χ0v) is 15.4. The number of aromatic nitrogens is 1. The lowest BCUT2D eigenvalue weighted by Crippen LogP contribution is -2.49. The van der Waals surface area contributed by atoms with Crippen LogP contribution in [0.5, 0.6) is 0 Å². The van der Waals surface area contributed by atoms with Crippen LogP contribution in [0, 0.1) is 17.5 Å². The van der Waals surface area contributed by atoms with E-state index in [1.165, 1.54) is 0 Å². The molecular weight excluding hydrogens is 387 g/mol. The highest BCUT2D eigenvalue weighted by molar-refractivity contribution is 5.94. The van der Waals surface area contributed by atoms with E-state index in [-0.39, 0.29) is 6.04 Å². The van der Waals surface area contributed by atoms with Gasteiger partial charge in [-0.25, -0.2) is 22.9 Å². The normalized spacial score (nSPS) is 14.4. The number of hydrogen-bond acceptors (Lipinski definition) is 4. The summed E-state index contributed by atoms with van der Waals surface area (Å²) in [7, 11) is 0. The van der Waals surface area contributed by atoms with E-state index in [4.69, 9.17) is 0 Å². The summed E-state index contributed by atoms with van der Waals surface area (Å²) in [5, 5.41) is 7.22. The quantitative estimate of drug-likeness (QED) is 0.665. The smallest absolute Gasteiger partial charge is 0.315 e. The summed E-state index contributed by atoms with van der Waals surface area (Å²) in [6.07, 6.45) is 3.16. The van der Waals surface area contributed by atoms with Gasteiger partial charge in [0.25, 0.3) is 0 Å². The van der Waals surface area contributed by atoms with E-state index in [0.717, 1.165) is 37.8 Å². The van der Waals surface area contributed by atoms with Gasteiger partial charge in [-0.3, -0.25) is 4.79 Å². The summed E-state index contributed by atoms with van der Waals surface area (Å²) in [6, 6.07) is 6.70. The van der Waals surface area contributed by atoms with Crippen molar-refractivity contribution in [3.05, 3.63) is 54.0 Å². The Balaban J connectivity index is 1.40. The molecule has 10 heteroatoms. The Morgan fingerprint density at radius 1 is 1.07 bits per heavy atom. The number of carbonyl (C=O) groups is 2. The van der Waals surface area contributed by atoms with Gasteiger partial charge in [0.15, 0.2) is 17.5 Å². The van der Waals surface area contributed by atoms with Crippen molar-refractivity contribution in [2.75, 3.05) is 29.9 Å². The number of rotatable bonds is 5. The van der Waals surface area contributed by atoms with Gasteiger partial charge in [-0.2, -0.15) is 0 Å². The van der Waals surface area contributed by atoms with Gasteiger partial charge in [-0.1, -0.05) is 6.07 Å². The van der Waals surface area contributed by atoms with Crippen molar-refractivity contribution in [3.63, 3.8) is 0 Å². The van der Waals surface area contributed by atoms with Crippen molar-refractivity contribution >= 4 is 23.4 Å². The average Bonchev–Trinajstić information content (AvgIpc) is 2.74. The molecule has 0 saturated carbocycles. The van der Waals surface area contributed by atoms with E-state index in [2.05, 4.69) is 25.8 Å². The number of urea groups is 1. The van der Waals surface area contributed by atoms with Gasteiger partial charge >= 0.3 is 6.03 Å². The molecule has 0 radical (unpaired) electrons. The van der Waals surface area contributed by atoms with Crippen LogP contribution in [0.1, 0.15) is 12.8 Å². The first kappa shape index (κ1) is 20.4. The third-order valence-corrected chi connectivity index (χ3v) is 4.52. The predicted octanol–water partition coefficient (Wildman–Crippen LogP) is 2.41. The Kier molecular flexibility index (Phi) is 6.53. The molecule has 3 rings (SSSR count). The Labute approximate surface area is 165 Å². The van der Waals surface area contributed by atoms with Crippen molar-refractivity contribution in [2.24, 2.45) is 0 Å². The molecule has 0 aliphatic carbocycles. The number of nitrogens with zero attached hydrogens (tertiary/aromatic N) is 2. The summed E-state index contributed by atoms with van der Waals surface area (Å²) < 4.78 is 39.6.